The quantitative estimate of drug-likeness (QED) is 0.692. The van der Waals surface area contributed by atoms with Crippen LogP contribution in [0.25, 0.3) is 6.08 Å². The van der Waals surface area contributed by atoms with Gasteiger partial charge in [0.25, 0.3) is 10.2 Å². The number of carboxylic acids is 1. The number of aryl methyl sites for hydroxylation is 1. The maximum Gasteiger partial charge on any atom is 0.328 e. The molecule has 0 saturated carbocycles. The van der Waals surface area contributed by atoms with E-state index < -0.39 is 16.2 Å². The topological polar surface area (TPSA) is 109 Å². The van der Waals surface area contributed by atoms with Gasteiger partial charge in [-0.05, 0) is 35.8 Å². The van der Waals surface area contributed by atoms with Crippen molar-refractivity contribution < 1.29 is 18.3 Å². The fourth-order valence-corrected chi connectivity index (χ4v) is 1.94. The Morgan fingerprint density at radius 3 is 2.67 bits per heavy atom. The number of carbonyl (C=O) groups is 1. The van der Waals surface area contributed by atoms with Gasteiger partial charge in [0.2, 0.25) is 0 Å². The lowest BCUT2D eigenvalue weighted by atomic mass is 10.1. The molecule has 1 aromatic carbocycles. The summed E-state index contributed by atoms with van der Waals surface area (Å²) in [7, 11) is -3.81. The van der Waals surface area contributed by atoms with Gasteiger partial charge in [-0.15, -0.1) is 0 Å². The summed E-state index contributed by atoms with van der Waals surface area (Å²) < 4.78 is 24.1. The highest BCUT2D eigenvalue weighted by Crippen LogP contribution is 2.19. The van der Waals surface area contributed by atoms with Crippen LogP contribution in [0.5, 0.6) is 0 Å². The van der Waals surface area contributed by atoms with Crippen molar-refractivity contribution in [3.05, 3.63) is 35.4 Å². The summed E-state index contributed by atoms with van der Waals surface area (Å²) in [5.41, 5.74) is 1.80. The molecule has 0 unspecified atom stereocenters. The van der Waals surface area contributed by atoms with E-state index in [0.717, 1.165) is 11.6 Å². The average molecular weight is 270 g/mol. The van der Waals surface area contributed by atoms with E-state index >= 15 is 0 Å². The molecule has 0 aromatic heterocycles. The number of aliphatic carboxylic acids is 1. The molecule has 18 heavy (non-hydrogen) atoms. The van der Waals surface area contributed by atoms with Gasteiger partial charge in [-0.25, -0.2) is 9.93 Å². The first-order valence-corrected chi connectivity index (χ1v) is 6.71. The minimum absolute atomic E-state index is 0.396. The van der Waals surface area contributed by atoms with Crippen molar-refractivity contribution in [2.24, 2.45) is 5.14 Å². The van der Waals surface area contributed by atoms with E-state index in [9.17, 15) is 13.2 Å². The van der Waals surface area contributed by atoms with E-state index in [2.05, 4.69) is 4.72 Å². The van der Waals surface area contributed by atoms with Gasteiger partial charge in [-0.3, -0.25) is 4.72 Å². The molecule has 0 aliphatic heterocycles. The largest absolute Gasteiger partial charge is 0.478 e. The van der Waals surface area contributed by atoms with E-state index in [1.807, 2.05) is 6.92 Å². The van der Waals surface area contributed by atoms with Crippen LogP contribution in [0.1, 0.15) is 18.1 Å². The Labute approximate surface area is 105 Å². The third-order valence-electron chi connectivity index (χ3n) is 2.18. The zero-order valence-corrected chi connectivity index (χ0v) is 10.6. The second kappa shape index (κ2) is 5.65. The minimum atomic E-state index is -3.81. The first-order valence-electron chi connectivity index (χ1n) is 5.16. The Morgan fingerprint density at radius 1 is 1.50 bits per heavy atom. The molecule has 0 amide bonds. The molecule has 0 heterocycles. The first kappa shape index (κ1) is 14.2. The lowest BCUT2D eigenvalue weighted by Gasteiger charge is -2.09. The van der Waals surface area contributed by atoms with Crippen LogP contribution < -0.4 is 9.86 Å². The lowest BCUT2D eigenvalue weighted by Crippen LogP contribution is -2.22. The Bertz CT molecular complexity index is 579. The number of hydrogen-bond acceptors (Lipinski definition) is 3. The maximum absolute atomic E-state index is 10.9. The Kier molecular flexibility index (Phi) is 4.46. The van der Waals surface area contributed by atoms with E-state index in [1.165, 1.54) is 6.08 Å². The molecule has 1 aromatic rings. The molecule has 0 fully saturated rings. The minimum Gasteiger partial charge on any atom is -0.478 e. The summed E-state index contributed by atoms with van der Waals surface area (Å²) in [5, 5.41) is 13.4. The third-order valence-corrected chi connectivity index (χ3v) is 2.69. The number of hydrogen-bond donors (Lipinski definition) is 3. The highest BCUT2D eigenvalue weighted by molar-refractivity contribution is 7.90. The summed E-state index contributed by atoms with van der Waals surface area (Å²) >= 11 is 0. The van der Waals surface area contributed by atoms with Gasteiger partial charge in [-0.1, -0.05) is 13.0 Å². The second-order valence-electron chi connectivity index (χ2n) is 3.59. The summed E-state index contributed by atoms with van der Waals surface area (Å²) in [5.74, 6) is -1.04. The van der Waals surface area contributed by atoms with Crippen LogP contribution >= 0.6 is 0 Å². The molecule has 0 aliphatic carbocycles. The highest BCUT2D eigenvalue weighted by Gasteiger charge is 2.07. The predicted octanol–water partition coefficient (Wildman–Crippen LogP) is 0.962. The van der Waals surface area contributed by atoms with Crippen LogP contribution in [-0.2, 0) is 21.4 Å². The first-order chi connectivity index (χ1) is 8.31. The van der Waals surface area contributed by atoms with Crippen LogP contribution in [0.3, 0.4) is 0 Å². The number of rotatable bonds is 5. The molecule has 6 nitrogen and oxygen atoms in total. The van der Waals surface area contributed by atoms with E-state index in [1.54, 1.807) is 18.2 Å². The van der Waals surface area contributed by atoms with Crippen LogP contribution in [0, 0.1) is 0 Å². The van der Waals surface area contributed by atoms with Gasteiger partial charge in [0, 0.05) is 6.08 Å². The van der Waals surface area contributed by atoms with Gasteiger partial charge in [0.05, 0.1) is 5.69 Å². The average Bonchev–Trinajstić information content (AvgIpc) is 2.25. The van der Waals surface area contributed by atoms with Crippen molar-refractivity contribution in [1.29, 1.82) is 0 Å². The van der Waals surface area contributed by atoms with Crippen LogP contribution in [-0.4, -0.2) is 19.5 Å². The number of anilines is 1. The molecule has 0 aliphatic rings. The van der Waals surface area contributed by atoms with Gasteiger partial charge >= 0.3 is 5.97 Å². The van der Waals surface area contributed by atoms with Crippen LogP contribution in [0.2, 0.25) is 0 Å². The van der Waals surface area contributed by atoms with Gasteiger partial charge in [-0.2, -0.15) is 8.42 Å². The molecule has 7 heteroatoms. The predicted molar refractivity (Wildman–Crippen MR) is 69.2 cm³/mol. The summed E-state index contributed by atoms with van der Waals surface area (Å²) in [6.07, 6.45) is 3.04. The van der Waals surface area contributed by atoms with Crippen molar-refractivity contribution in [2.75, 3.05) is 4.72 Å². The normalized spacial score (nSPS) is 11.7. The summed E-state index contributed by atoms with van der Waals surface area (Å²) in [4.78, 5) is 10.4. The maximum atomic E-state index is 10.9. The molecule has 4 N–H and O–H groups in total. The van der Waals surface area contributed by atoms with Crippen molar-refractivity contribution in [1.82, 2.24) is 0 Å². The Morgan fingerprint density at radius 2 is 2.17 bits per heavy atom. The van der Waals surface area contributed by atoms with E-state index in [-0.39, 0.29) is 0 Å². The standard InChI is InChI=1S/C11H14N2O4S/c1-2-9-7-8(4-6-11(14)15)3-5-10(9)13-18(12,16)17/h3-7,13H,2H2,1H3,(H,14,15)(H2,12,16,17)/b6-4+. The number of nitrogens with one attached hydrogen (secondary N) is 1. The molecular formula is C11H14N2O4S. The highest BCUT2D eigenvalue weighted by atomic mass is 32.2. The van der Waals surface area contributed by atoms with Crippen LogP contribution in [0.15, 0.2) is 24.3 Å². The molecule has 1 rings (SSSR count). The monoisotopic (exact) mass is 270 g/mol. The number of carboxylic acid groups (broad SMARTS) is 1. The van der Waals surface area contributed by atoms with Gasteiger partial charge < -0.3 is 5.11 Å². The number of benzene rings is 1. The fraction of sp³-hybridized carbons (Fsp3) is 0.182. The van der Waals surface area contributed by atoms with Gasteiger partial charge in [0.1, 0.15) is 0 Å². The Balaban J connectivity index is 3.07. The summed E-state index contributed by atoms with van der Waals surface area (Å²) in [6.45, 7) is 1.86. The fourth-order valence-electron chi connectivity index (χ4n) is 1.43. The zero-order chi connectivity index (χ0) is 13.8. The van der Waals surface area contributed by atoms with Crippen molar-refractivity contribution in [3.8, 4) is 0 Å². The Hall–Kier alpha value is -1.86. The molecule has 0 radical (unpaired) electrons. The molecule has 0 bridgehead atoms. The van der Waals surface area contributed by atoms with E-state index in [0.29, 0.717) is 17.7 Å². The number of nitrogens with two attached hydrogens (primary N) is 1. The second-order valence-corrected chi connectivity index (χ2v) is 4.88. The lowest BCUT2D eigenvalue weighted by molar-refractivity contribution is -0.131. The van der Waals surface area contributed by atoms with Crippen LogP contribution in [0.4, 0.5) is 5.69 Å². The zero-order valence-electron chi connectivity index (χ0n) is 9.75. The van der Waals surface area contributed by atoms with E-state index in [4.69, 9.17) is 10.2 Å². The molecule has 98 valence electrons. The SMILES string of the molecule is CCc1cc(/C=C/C(=O)O)ccc1NS(N)(=O)=O. The van der Waals surface area contributed by atoms with Crippen molar-refractivity contribution in [2.45, 2.75) is 13.3 Å². The van der Waals surface area contributed by atoms with Crippen molar-refractivity contribution in [3.63, 3.8) is 0 Å². The smallest absolute Gasteiger partial charge is 0.328 e. The van der Waals surface area contributed by atoms with Crippen molar-refractivity contribution >= 4 is 27.9 Å². The molecule has 0 saturated heterocycles. The molecule has 0 atom stereocenters. The third kappa shape index (κ3) is 4.56. The van der Waals surface area contributed by atoms with Gasteiger partial charge in [0.15, 0.2) is 0 Å². The summed E-state index contributed by atoms with van der Waals surface area (Å²) in [6, 6.07) is 4.85. The molecule has 0 spiro atoms. The molecular weight excluding hydrogens is 256 g/mol.